The lowest BCUT2D eigenvalue weighted by Gasteiger charge is -2.05. The molecule has 0 aliphatic rings. The zero-order valence-electron chi connectivity index (χ0n) is 9.58. The molecule has 18 heavy (non-hydrogen) atoms. The number of nitrogens with zero attached hydrogens (tertiary/aromatic N) is 2. The molecule has 0 atom stereocenters. The van der Waals surface area contributed by atoms with Crippen LogP contribution in [0.1, 0.15) is 23.2 Å². The quantitative estimate of drug-likeness (QED) is 0.801. The van der Waals surface area contributed by atoms with Gasteiger partial charge in [-0.2, -0.15) is 13.2 Å². The van der Waals surface area contributed by atoms with Crippen LogP contribution in [0.3, 0.4) is 0 Å². The summed E-state index contributed by atoms with van der Waals surface area (Å²) >= 11 is 5.09. The van der Waals surface area contributed by atoms with Gasteiger partial charge in [-0.05, 0) is 13.0 Å². The summed E-state index contributed by atoms with van der Waals surface area (Å²) in [4.78, 5) is 15.1. The van der Waals surface area contributed by atoms with Crippen LogP contribution in [0, 0.1) is 0 Å². The Morgan fingerprint density at radius 3 is 2.72 bits per heavy atom. The van der Waals surface area contributed by atoms with Crippen LogP contribution < -0.4 is 0 Å². The number of hydrogen-bond acceptors (Lipinski definition) is 3. The molecule has 8 heteroatoms. The number of allylic oxidation sites excluding steroid dienone is 1. The van der Waals surface area contributed by atoms with Crippen molar-refractivity contribution in [1.29, 1.82) is 0 Å². The Labute approximate surface area is 106 Å². The van der Waals surface area contributed by atoms with Gasteiger partial charge in [0.15, 0.2) is 0 Å². The van der Waals surface area contributed by atoms with Crippen LogP contribution in [-0.2, 0) is 11.8 Å². The molecule has 0 amide bonds. The first-order chi connectivity index (χ1) is 8.27. The number of esters is 1. The number of alkyl halides is 3. The standard InChI is InChI=1S/C10H10ClF3N2O2/c1-3-18-9(17)8-15-5-6(16(8)2)4-7(11)10(12,13)14/h4-5H,3H2,1-2H3/b7-4-. The van der Waals surface area contributed by atoms with E-state index in [0.29, 0.717) is 6.08 Å². The summed E-state index contributed by atoms with van der Waals surface area (Å²) in [5.41, 5.74) is 0.0559. The molecule has 0 aliphatic heterocycles. The van der Waals surface area contributed by atoms with Crippen molar-refractivity contribution in [2.24, 2.45) is 7.05 Å². The number of imidazole rings is 1. The molecule has 0 spiro atoms. The third-order valence-corrected chi connectivity index (χ3v) is 2.35. The number of aromatic nitrogens is 2. The van der Waals surface area contributed by atoms with Crippen molar-refractivity contribution in [2.75, 3.05) is 6.61 Å². The molecule has 0 unspecified atom stereocenters. The number of halogens is 4. The number of carbonyl (C=O) groups is 1. The lowest BCUT2D eigenvalue weighted by atomic mass is 10.4. The molecule has 1 heterocycles. The van der Waals surface area contributed by atoms with Gasteiger partial charge in [0.1, 0.15) is 5.03 Å². The van der Waals surface area contributed by atoms with Gasteiger partial charge in [-0.25, -0.2) is 9.78 Å². The van der Waals surface area contributed by atoms with Crippen LogP contribution in [0.5, 0.6) is 0 Å². The second-order valence-corrected chi connectivity index (χ2v) is 3.68. The van der Waals surface area contributed by atoms with E-state index < -0.39 is 17.2 Å². The van der Waals surface area contributed by atoms with Gasteiger partial charge in [-0.3, -0.25) is 0 Å². The molecule has 1 rings (SSSR count). The molecule has 1 aromatic heterocycles. The van der Waals surface area contributed by atoms with Crippen molar-refractivity contribution < 1.29 is 22.7 Å². The van der Waals surface area contributed by atoms with Gasteiger partial charge >= 0.3 is 12.1 Å². The fourth-order valence-corrected chi connectivity index (χ4v) is 1.27. The topological polar surface area (TPSA) is 44.1 Å². The molecule has 0 fully saturated rings. The van der Waals surface area contributed by atoms with Crippen molar-refractivity contribution >= 4 is 23.6 Å². The average molecular weight is 283 g/mol. The molecule has 0 N–H and O–H groups in total. The lowest BCUT2D eigenvalue weighted by molar-refractivity contribution is -0.0837. The minimum atomic E-state index is -4.63. The molecule has 0 saturated heterocycles. The van der Waals surface area contributed by atoms with Gasteiger partial charge in [0.2, 0.25) is 5.82 Å². The lowest BCUT2D eigenvalue weighted by Crippen LogP contribution is -2.12. The maximum atomic E-state index is 12.2. The van der Waals surface area contributed by atoms with E-state index in [-0.39, 0.29) is 18.1 Å². The minimum Gasteiger partial charge on any atom is -0.460 e. The summed E-state index contributed by atoms with van der Waals surface area (Å²) < 4.78 is 42.6. The Bertz CT molecular complexity index is 480. The molecular weight excluding hydrogens is 273 g/mol. The van der Waals surface area contributed by atoms with Gasteiger partial charge in [0, 0.05) is 7.05 Å². The summed E-state index contributed by atoms with van der Waals surface area (Å²) in [5.74, 6) is -0.794. The number of ether oxygens (including phenoxy) is 1. The second-order valence-electron chi connectivity index (χ2n) is 3.28. The van der Waals surface area contributed by atoms with Crippen molar-refractivity contribution in [3.8, 4) is 0 Å². The normalized spacial score (nSPS) is 12.7. The summed E-state index contributed by atoms with van der Waals surface area (Å²) in [6.45, 7) is 1.77. The maximum Gasteiger partial charge on any atom is 0.427 e. The first-order valence-corrected chi connectivity index (χ1v) is 5.28. The Hall–Kier alpha value is -1.50. The molecule has 0 aromatic carbocycles. The van der Waals surface area contributed by atoms with Crippen molar-refractivity contribution in [3.63, 3.8) is 0 Å². The van der Waals surface area contributed by atoms with E-state index in [1.54, 1.807) is 6.92 Å². The smallest absolute Gasteiger partial charge is 0.427 e. The first kappa shape index (κ1) is 14.6. The minimum absolute atomic E-state index is 0.0559. The van der Waals surface area contributed by atoms with E-state index in [9.17, 15) is 18.0 Å². The van der Waals surface area contributed by atoms with Gasteiger partial charge in [0.25, 0.3) is 0 Å². The zero-order chi connectivity index (χ0) is 13.9. The van der Waals surface area contributed by atoms with Crippen molar-refractivity contribution in [1.82, 2.24) is 9.55 Å². The fourth-order valence-electron chi connectivity index (χ4n) is 1.15. The van der Waals surface area contributed by atoms with Gasteiger partial charge in [0.05, 0.1) is 18.5 Å². The Balaban J connectivity index is 3.05. The van der Waals surface area contributed by atoms with E-state index >= 15 is 0 Å². The fraction of sp³-hybridized carbons (Fsp3) is 0.400. The Morgan fingerprint density at radius 2 is 2.22 bits per heavy atom. The second kappa shape index (κ2) is 5.43. The molecule has 0 aliphatic carbocycles. The number of hydrogen-bond donors (Lipinski definition) is 0. The monoisotopic (exact) mass is 282 g/mol. The summed E-state index contributed by atoms with van der Waals surface area (Å²) in [7, 11) is 1.39. The summed E-state index contributed by atoms with van der Waals surface area (Å²) in [6, 6.07) is 0. The maximum absolute atomic E-state index is 12.2. The highest BCUT2D eigenvalue weighted by Crippen LogP contribution is 2.30. The van der Waals surface area contributed by atoms with Crippen molar-refractivity contribution in [2.45, 2.75) is 13.1 Å². The predicted molar refractivity (Wildman–Crippen MR) is 59.0 cm³/mol. The molecule has 0 saturated carbocycles. The summed E-state index contributed by atoms with van der Waals surface area (Å²) in [6.07, 6.45) is -2.83. The number of rotatable bonds is 3. The molecule has 0 radical (unpaired) electrons. The largest absolute Gasteiger partial charge is 0.460 e. The highest BCUT2D eigenvalue weighted by Gasteiger charge is 2.32. The van der Waals surface area contributed by atoms with Gasteiger partial charge < -0.3 is 9.30 Å². The van der Waals surface area contributed by atoms with Crippen LogP contribution in [0.25, 0.3) is 6.08 Å². The third kappa shape index (κ3) is 3.25. The SMILES string of the molecule is CCOC(=O)c1ncc(/C=C(\Cl)C(F)(F)F)n1C. The average Bonchev–Trinajstić information content (AvgIpc) is 2.59. The van der Waals surface area contributed by atoms with Gasteiger partial charge in [-0.1, -0.05) is 11.6 Å². The van der Waals surface area contributed by atoms with E-state index in [0.717, 1.165) is 6.20 Å². The van der Waals surface area contributed by atoms with Crippen LogP contribution in [0.15, 0.2) is 11.2 Å². The molecule has 1 aromatic rings. The zero-order valence-corrected chi connectivity index (χ0v) is 10.3. The van der Waals surface area contributed by atoms with Crippen molar-refractivity contribution in [3.05, 3.63) is 22.7 Å². The van der Waals surface area contributed by atoms with Crippen LogP contribution in [-0.4, -0.2) is 28.3 Å². The molecule has 0 bridgehead atoms. The highest BCUT2D eigenvalue weighted by atomic mass is 35.5. The van der Waals surface area contributed by atoms with E-state index in [2.05, 4.69) is 4.98 Å². The summed E-state index contributed by atoms with van der Waals surface area (Å²) in [5, 5.41) is -1.29. The highest BCUT2D eigenvalue weighted by molar-refractivity contribution is 6.32. The van der Waals surface area contributed by atoms with Crippen LogP contribution in [0.4, 0.5) is 13.2 Å². The van der Waals surface area contributed by atoms with E-state index in [4.69, 9.17) is 16.3 Å². The molecular formula is C10H10ClF3N2O2. The third-order valence-electron chi connectivity index (χ3n) is 2.03. The molecule has 4 nitrogen and oxygen atoms in total. The molecule has 100 valence electrons. The Kier molecular flexibility index (Phi) is 4.39. The van der Waals surface area contributed by atoms with Crippen LogP contribution >= 0.6 is 11.6 Å². The van der Waals surface area contributed by atoms with E-state index in [1.807, 2.05) is 0 Å². The van der Waals surface area contributed by atoms with Crippen LogP contribution in [0.2, 0.25) is 0 Å². The first-order valence-electron chi connectivity index (χ1n) is 4.90. The number of carbonyl (C=O) groups excluding carboxylic acids is 1. The predicted octanol–water partition coefficient (Wildman–Crippen LogP) is 2.74. The Morgan fingerprint density at radius 1 is 1.61 bits per heavy atom. The van der Waals surface area contributed by atoms with E-state index in [1.165, 1.54) is 11.6 Å². The van der Waals surface area contributed by atoms with Gasteiger partial charge in [-0.15, -0.1) is 0 Å².